The minimum Gasteiger partial charge on any atom is -0.496 e. The van der Waals surface area contributed by atoms with Gasteiger partial charge in [-0.15, -0.1) is 0 Å². The number of benzene rings is 2. The van der Waals surface area contributed by atoms with E-state index in [4.69, 9.17) is 22.1 Å². The molecule has 0 amide bonds. The third-order valence-corrected chi connectivity index (χ3v) is 3.36. The van der Waals surface area contributed by atoms with E-state index in [2.05, 4.69) is 6.07 Å². The Morgan fingerprint density at radius 3 is 2.67 bits per heavy atom. The zero-order chi connectivity index (χ0) is 13.1. The summed E-state index contributed by atoms with van der Waals surface area (Å²) in [6.07, 6.45) is 0. The molecule has 2 N–H and O–H groups in total. The molecule has 0 saturated carbocycles. The largest absolute Gasteiger partial charge is 0.496 e. The van der Waals surface area contributed by atoms with Crippen LogP contribution < -0.4 is 10.5 Å². The van der Waals surface area contributed by atoms with Gasteiger partial charge in [-0.3, -0.25) is 0 Å². The Hall–Kier alpha value is -1.51. The molecule has 3 heteroatoms. The SMILES string of the molecule is COc1cc(Cl)c(C)cc1-c1cccc(CN)c1. The van der Waals surface area contributed by atoms with Gasteiger partial charge in [0.1, 0.15) is 5.75 Å². The van der Waals surface area contributed by atoms with E-state index >= 15 is 0 Å². The zero-order valence-corrected chi connectivity index (χ0v) is 11.3. The van der Waals surface area contributed by atoms with Gasteiger partial charge in [0.25, 0.3) is 0 Å². The molecule has 0 atom stereocenters. The topological polar surface area (TPSA) is 35.2 Å². The van der Waals surface area contributed by atoms with Gasteiger partial charge in [0.05, 0.1) is 7.11 Å². The maximum Gasteiger partial charge on any atom is 0.128 e. The van der Waals surface area contributed by atoms with Gasteiger partial charge in [-0.2, -0.15) is 0 Å². The minimum absolute atomic E-state index is 0.530. The average molecular weight is 262 g/mol. The van der Waals surface area contributed by atoms with Crippen molar-refractivity contribution in [1.82, 2.24) is 0 Å². The van der Waals surface area contributed by atoms with Gasteiger partial charge in [-0.05, 0) is 41.8 Å². The van der Waals surface area contributed by atoms with Gasteiger partial charge < -0.3 is 10.5 Å². The van der Waals surface area contributed by atoms with Crippen molar-refractivity contribution in [3.05, 3.63) is 52.5 Å². The number of methoxy groups -OCH3 is 1. The van der Waals surface area contributed by atoms with Crippen LogP contribution >= 0.6 is 11.6 Å². The fourth-order valence-electron chi connectivity index (χ4n) is 1.92. The molecule has 0 aliphatic heterocycles. The molecule has 2 nitrogen and oxygen atoms in total. The van der Waals surface area contributed by atoms with Crippen molar-refractivity contribution in [2.24, 2.45) is 5.73 Å². The summed E-state index contributed by atoms with van der Waals surface area (Å²) >= 11 is 6.11. The molecule has 0 aliphatic carbocycles. The standard InChI is InChI=1S/C15H16ClNO/c1-10-6-13(15(18-2)8-14(10)16)12-5-3-4-11(7-12)9-17/h3-8H,9,17H2,1-2H3. The zero-order valence-electron chi connectivity index (χ0n) is 10.5. The van der Waals surface area contributed by atoms with Crippen LogP contribution in [0.4, 0.5) is 0 Å². The summed E-state index contributed by atoms with van der Waals surface area (Å²) in [7, 11) is 1.65. The summed E-state index contributed by atoms with van der Waals surface area (Å²) in [6.45, 7) is 2.51. The molecule has 18 heavy (non-hydrogen) atoms. The molecule has 0 aliphatic rings. The van der Waals surface area contributed by atoms with Gasteiger partial charge in [0, 0.05) is 17.1 Å². The molecule has 0 bridgehead atoms. The highest BCUT2D eigenvalue weighted by molar-refractivity contribution is 6.31. The number of hydrogen-bond acceptors (Lipinski definition) is 2. The lowest BCUT2D eigenvalue weighted by Crippen LogP contribution is -1.96. The Kier molecular flexibility index (Phi) is 3.90. The molecule has 94 valence electrons. The number of halogens is 1. The predicted molar refractivity (Wildman–Crippen MR) is 76.1 cm³/mol. The molecule has 0 spiro atoms. The van der Waals surface area contributed by atoms with Crippen molar-refractivity contribution in [2.75, 3.05) is 7.11 Å². The second-order valence-electron chi connectivity index (χ2n) is 4.21. The van der Waals surface area contributed by atoms with Crippen LogP contribution in [0.15, 0.2) is 36.4 Å². The van der Waals surface area contributed by atoms with Crippen molar-refractivity contribution >= 4 is 11.6 Å². The van der Waals surface area contributed by atoms with E-state index in [9.17, 15) is 0 Å². The van der Waals surface area contributed by atoms with E-state index in [1.807, 2.05) is 37.3 Å². The van der Waals surface area contributed by atoms with E-state index in [1.54, 1.807) is 7.11 Å². The molecule has 0 heterocycles. The fourth-order valence-corrected chi connectivity index (χ4v) is 2.08. The third-order valence-electron chi connectivity index (χ3n) is 2.95. The Morgan fingerprint density at radius 1 is 1.22 bits per heavy atom. The molecular weight excluding hydrogens is 246 g/mol. The van der Waals surface area contributed by atoms with Crippen LogP contribution in [0.2, 0.25) is 5.02 Å². The summed E-state index contributed by atoms with van der Waals surface area (Å²) in [5.41, 5.74) is 9.93. The summed E-state index contributed by atoms with van der Waals surface area (Å²) in [6, 6.07) is 12.0. The molecule has 0 fully saturated rings. The Labute approximate surface area is 112 Å². The highest BCUT2D eigenvalue weighted by Crippen LogP contribution is 2.34. The molecule has 0 aromatic heterocycles. The van der Waals surface area contributed by atoms with Crippen LogP contribution in [0.1, 0.15) is 11.1 Å². The van der Waals surface area contributed by atoms with Crippen LogP contribution in [0.3, 0.4) is 0 Å². The molecule has 2 aromatic carbocycles. The monoisotopic (exact) mass is 261 g/mol. The Bertz CT molecular complexity index is 566. The lowest BCUT2D eigenvalue weighted by molar-refractivity contribution is 0.416. The highest BCUT2D eigenvalue weighted by Gasteiger charge is 2.09. The van der Waals surface area contributed by atoms with Gasteiger partial charge in [-0.1, -0.05) is 29.8 Å². The molecule has 2 rings (SSSR count). The van der Waals surface area contributed by atoms with E-state index in [1.165, 1.54) is 0 Å². The molecule has 2 aromatic rings. The second-order valence-corrected chi connectivity index (χ2v) is 4.61. The van der Waals surface area contributed by atoms with Gasteiger partial charge in [-0.25, -0.2) is 0 Å². The number of aryl methyl sites for hydroxylation is 1. The quantitative estimate of drug-likeness (QED) is 0.913. The molecule has 0 radical (unpaired) electrons. The van der Waals surface area contributed by atoms with E-state index in [0.717, 1.165) is 28.0 Å². The van der Waals surface area contributed by atoms with Crippen molar-refractivity contribution in [2.45, 2.75) is 13.5 Å². The van der Waals surface area contributed by atoms with Gasteiger partial charge in [0.2, 0.25) is 0 Å². The van der Waals surface area contributed by atoms with Crippen LogP contribution in [0.25, 0.3) is 11.1 Å². The maximum atomic E-state index is 6.11. The summed E-state index contributed by atoms with van der Waals surface area (Å²) in [4.78, 5) is 0. The number of ether oxygens (including phenoxy) is 1. The first-order valence-corrected chi connectivity index (χ1v) is 6.17. The lowest BCUT2D eigenvalue weighted by Gasteiger charge is -2.12. The molecule has 0 unspecified atom stereocenters. The van der Waals surface area contributed by atoms with Crippen molar-refractivity contribution in [3.63, 3.8) is 0 Å². The van der Waals surface area contributed by atoms with Gasteiger partial charge in [0.15, 0.2) is 0 Å². The average Bonchev–Trinajstić information content (AvgIpc) is 2.41. The Morgan fingerprint density at radius 2 is 2.00 bits per heavy atom. The predicted octanol–water partition coefficient (Wildman–Crippen LogP) is 3.78. The first-order chi connectivity index (χ1) is 8.65. The summed E-state index contributed by atoms with van der Waals surface area (Å²) < 4.78 is 5.39. The molecule has 0 saturated heterocycles. The fraction of sp³-hybridized carbons (Fsp3) is 0.200. The molecular formula is C15H16ClNO. The summed E-state index contributed by atoms with van der Waals surface area (Å²) in [5, 5.41) is 0.713. The van der Waals surface area contributed by atoms with Crippen molar-refractivity contribution < 1.29 is 4.74 Å². The van der Waals surface area contributed by atoms with Crippen LogP contribution in [0.5, 0.6) is 5.75 Å². The van der Waals surface area contributed by atoms with Crippen molar-refractivity contribution in [1.29, 1.82) is 0 Å². The third kappa shape index (κ3) is 2.50. The summed E-state index contributed by atoms with van der Waals surface area (Å²) in [5.74, 6) is 0.778. The van der Waals surface area contributed by atoms with Gasteiger partial charge >= 0.3 is 0 Å². The van der Waals surface area contributed by atoms with Crippen LogP contribution in [-0.4, -0.2) is 7.11 Å². The number of nitrogens with two attached hydrogens (primary N) is 1. The van der Waals surface area contributed by atoms with E-state index in [0.29, 0.717) is 11.6 Å². The first-order valence-electron chi connectivity index (χ1n) is 5.79. The van der Waals surface area contributed by atoms with Crippen LogP contribution in [0, 0.1) is 6.92 Å². The van der Waals surface area contributed by atoms with Crippen LogP contribution in [-0.2, 0) is 6.54 Å². The maximum absolute atomic E-state index is 6.11. The number of hydrogen-bond donors (Lipinski definition) is 1. The Balaban J connectivity index is 2.58. The highest BCUT2D eigenvalue weighted by atomic mass is 35.5. The first kappa shape index (κ1) is 12.9. The normalized spacial score (nSPS) is 10.4. The second kappa shape index (κ2) is 5.42. The van der Waals surface area contributed by atoms with E-state index in [-0.39, 0.29) is 0 Å². The van der Waals surface area contributed by atoms with Crippen molar-refractivity contribution in [3.8, 4) is 16.9 Å². The smallest absolute Gasteiger partial charge is 0.128 e. The number of rotatable bonds is 3. The minimum atomic E-state index is 0.530. The van der Waals surface area contributed by atoms with E-state index < -0.39 is 0 Å². The lowest BCUT2D eigenvalue weighted by atomic mass is 10.0.